The van der Waals surface area contributed by atoms with Crippen LogP contribution < -0.4 is 15.2 Å². The lowest BCUT2D eigenvalue weighted by Gasteiger charge is -2.17. The number of pyridine rings is 1. The van der Waals surface area contributed by atoms with Crippen LogP contribution in [0.2, 0.25) is 0 Å². The number of likely N-dealkylation sites (tertiary alicyclic amines) is 1. The largest absolute Gasteiger partial charge is 0.481 e. The summed E-state index contributed by atoms with van der Waals surface area (Å²) < 4.78 is 5.10. The highest BCUT2D eigenvalue weighted by molar-refractivity contribution is 5.79. The third kappa shape index (κ3) is 4.01. The number of anilines is 1. The summed E-state index contributed by atoms with van der Waals surface area (Å²) in [6.45, 7) is 1.24. The van der Waals surface area contributed by atoms with Gasteiger partial charge in [-0.15, -0.1) is 0 Å². The molecule has 8 nitrogen and oxygen atoms in total. The van der Waals surface area contributed by atoms with Crippen molar-refractivity contribution in [3.05, 3.63) is 46.0 Å². The minimum Gasteiger partial charge on any atom is -0.481 e. The van der Waals surface area contributed by atoms with Crippen molar-refractivity contribution in [1.29, 1.82) is 0 Å². The molecular formula is C18H23N5O3. The lowest BCUT2D eigenvalue weighted by molar-refractivity contribution is -0.129. The molecular weight excluding hydrogens is 334 g/mol. The maximum atomic E-state index is 12.6. The average Bonchev–Trinajstić information content (AvgIpc) is 3.11. The minimum absolute atomic E-state index is 0.0541. The highest BCUT2D eigenvalue weighted by Crippen LogP contribution is 2.26. The molecule has 1 fully saturated rings. The van der Waals surface area contributed by atoms with Crippen LogP contribution in [0.1, 0.15) is 23.6 Å². The molecule has 1 atom stereocenters. The van der Waals surface area contributed by atoms with Gasteiger partial charge in [0.05, 0.1) is 19.2 Å². The molecule has 0 saturated carbocycles. The molecule has 2 aromatic rings. The zero-order valence-electron chi connectivity index (χ0n) is 15.2. The van der Waals surface area contributed by atoms with Gasteiger partial charge in [-0.1, -0.05) is 0 Å². The SMILES string of the molecule is COc1cc(CC(=O)N2CCC(c3cc(=O)[nH]c(N(C)C)n3)C2)ccn1. The van der Waals surface area contributed by atoms with Gasteiger partial charge in [-0.05, 0) is 18.1 Å². The molecule has 1 aliphatic rings. The first-order valence-corrected chi connectivity index (χ1v) is 8.51. The second-order valence-corrected chi connectivity index (χ2v) is 6.60. The molecule has 0 aromatic carbocycles. The lowest BCUT2D eigenvalue weighted by atomic mass is 10.0. The van der Waals surface area contributed by atoms with Gasteiger partial charge in [-0.2, -0.15) is 0 Å². The van der Waals surface area contributed by atoms with Crippen molar-refractivity contribution in [2.45, 2.75) is 18.8 Å². The monoisotopic (exact) mass is 357 g/mol. The van der Waals surface area contributed by atoms with E-state index in [1.807, 2.05) is 25.1 Å². The molecule has 2 aromatic heterocycles. The first-order chi connectivity index (χ1) is 12.5. The summed E-state index contributed by atoms with van der Waals surface area (Å²) >= 11 is 0. The maximum absolute atomic E-state index is 12.6. The van der Waals surface area contributed by atoms with Crippen molar-refractivity contribution in [2.24, 2.45) is 0 Å². The van der Waals surface area contributed by atoms with Gasteiger partial charge in [-0.3, -0.25) is 14.6 Å². The number of nitrogens with one attached hydrogen (secondary N) is 1. The molecule has 0 bridgehead atoms. The zero-order chi connectivity index (χ0) is 18.7. The summed E-state index contributed by atoms with van der Waals surface area (Å²) in [7, 11) is 5.21. The van der Waals surface area contributed by atoms with Crippen LogP contribution in [-0.2, 0) is 11.2 Å². The Bertz CT molecular complexity index is 849. The Balaban J connectivity index is 1.68. The van der Waals surface area contributed by atoms with Crippen molar-refractivity contribution in [1.82, 2.24) is 19.9 Å². The van der Waals surface area contributed by atoms with Crippen LogP contribution in [0.25, 0.3) is 0 Å². The number of hydrogen-bond donors (Lipinski definition) is 1. The first-order valence-electron chi connectivity index (χ1n) is 8.51. The van der Waals surface area contributed by atoms with E-state index in [-0.39, 0.29) is 17.4 Å². The fourth-order valence-corrected chi connectivity index (χ4v) is 3.07. The minimum atomic E-state index is -0.174. The number of carbonyl (C=O) groups is 1. The van der Waals surface area contributed by atoms with Crippen LogP contribution in [0.3, 0.4) is 0 Å². The molecule has 1 unspecified atom stereocenters. The Morgan fingerprint density at radius 3 is 2.96 bits per heavy atom. The summed E-state index contributed by atoms with van der Waals surface area (Å²) in [6, 6.07) is 5.11. The van der Waals surface area contributed by atoms with Crippen molar-refractivity contribution in [3.63, 3.8) is 0 Å². The molecule has 3 rings (SSSR count). The Morgan fingerprint density at radius 2 is 2.23 bits per heavy atom. The van der Waals surface area contributed by atoms with Gasteiger partial charge in [0.2, 0.25) is 17.7 Å². The number of H-pyrrole nitrogens is 1. The van der Waals surface area contributed by atoms with E-state index in [2.05, 4.69) is 15.0 Å². The molecule has 1 N–H and O–H groups in total. The van der Waals surface area contributed by atoms with Gasteiger partial charge < -0.3 is 14.5 Å². The normalized spacial score (nSPS) is 16.6. The van der Waals surface area contributed by atoms with Crippen molar-refractivity contribution < 1.29 is 9.53 Å². The number of amides is 1. The predicted molar refractivity (Wildman–Crippen MR) is 97.6 cm³/mol. The number of aromatic nitrogens is 3. The number of aromatic amines is 1. The van der Waals surface area contributed by atoms with Crippen molar-refractivity contribution in [2.75, 3.05) is 39.2 Å². The van der Waals surface area contributed by atoms with Gasteiger partial charge in [-0.25, -0.2) is 9.97 Å². The van der Waals surface area contributed by atoms with Crippen LogP contribution in [0.5, 0.6) is 5.88 Å². The van der Waals surface area contributed by atoms with Crippen LogP contribution in [0.15, 0.2) is 29.2 Å². The third-order valence-electron chi connectivity index (χ3n) is 4.50. The number of rotatable bonds is 5. The van der Waals surface area contributed by atoms with E-state index in [9.17, 15) is 9.59 Å². The molecule has 1 saturated heterocycles. The number of hydrogen-bond acceptors (Lipinski definition) is 6. The summed E-state index contributed by atoms with van der Waals surface area (Å²) in [5.41, 5.74) is 1.43. The van der Waals surface area contributed by atoms with E-state index < -0.39 is 0 Å². The lowest BCUT2D eigenvalue weighted by Crippen LogP contribution is -2.30. The highest BCUT2D eigenvalue weighted by atomic mass is 16.5. The molecule has 1 aliphatic heterocycles. The Morgan fingerprint density at radius 1 is 1.42 bits per heavy atom. The Kier molecular flexibility index (Phi) is 5.20. The fraction of sp³-hybridized carbons (Fsp3) is 0.444. The molecule has 26 heavy (non-hydrogen) atoms. The highest BCUT2D eigenvalue weighted by Gasteiger charge is 2.28. The fourth-order valence-electron chi connectivity index (χ4n) is 3.07. The van der Waals surface area contributed by atoms with Gasteiger partial charge >= 0.3 is 0 Å². The summed E-state index contributed by atoms with van der Waals surface area (Å²) in [5.74, 6) is 1.16. The van der Waals surface area contributed by atoms with Gasteiger partial charge in [0.25, 0.3) is 5.56 Å². The van der Waals surface area contributed by atoms with Gasteiger partial charge in [0, 0.05) is 51.4 Å². The topological polar surface area (TPSA) is 91.4 Å². The molecule has 138 valence electrons. The van der Waals surface area contributed by atoms with Crippen LogP contribution in [-0.4, -0.2) is 60.1 Å². The quantitative estimate of drug-likeness (QED) is 0.851. The van der Waals surface area contributed by atoms with Crippen molar-refractivity contribution >= 4 is 11.9 Å². The summed E-state index contributed by atoms with van der Waals surface area (Å²) in [5, 5.41) is 0. The number of ether oxygens (including phenoxy) is 1. The van der Waals surface area contributed by atoms with E-state index in [0.717, 1.165) is 17.7 Å². The third-order valence-corrected chi connectivity index (χ3v) is 4.50. The summed E-state index contributed by atoms with van der Waals surface area (Å²) in [4.78, 5) is 39.3. The summed E-state index contributed by atoms with van der Waals surface area (Å²) in [6.07, 6.45) is 2.74. The van der Waals surface area contributed by atoms with Crippen LogP contribution in [0.4, 0.5) is 5.95 Å². The molecule has 8 heteroatoms. The Hall–Kier alpha value is -2.90. The average molecular weight is 357 g/mol. The standard InChI is InChI=1S/C18H23N5O3/c1-22(2)18-20-14(10-15(24)21-18)13-5-7-23(11-13)17(25)9-12-4-6-19-16(8-12)26-3/h4,6,8,10,13H,5,7,9,11H2,1-3H3,(H,20,21,24). The van der Waals surface area contributed by atoms with Gasteiger partial charge in [0.1, 0.15) is 0 Å². The number of methoxy groups -OCH3 is 1. The Labute approximate surface area is 151 Å². The number of carbonyl (C=O) groups excluding carboxylic acids is 1. The molecule has 0 spiro atoms. The second-order valence-electron chi connectivity index (χ2n) is 6.60. The van der Waals surface area contributed by atoms with Crippen LogP contribution in [0, 0.1) is 0 Å². The van der Waals surface area contributed by atoms with E-state index in [0.29, 0.717) is 31.3 Å². The first kappa shape index (κ1) is 17.9. The molecule has 0 radical (unpaired) electrons. The molecule has 0 aliphatic carbocycles. The van der Waals surface area contributed by atoms with Crippen molar-refractivity contribution in [3.8, 4) is 5.88 Å². The number of nitrogens with zero attached hydrogens (tertiary/aromatic N) is 4. The van der Waals surface area contributed by atoms with Gasteiger partial charge in [0.15, 0.2) is 0 Å². The smallest absolute Gasteiger partial charge is 0.252 e. The molecule has 3 heterocycles. The van der Waals surface area contributed by atoms with E-state index in [1.54, 1.807) is 24.3 Å². The maximum Gasteiger partial charge on any atom is 0.252 e. The second kappa shape index (κ2) is 7.55. The molecule has 1 amide bonds. The van der Waals surface area contributed by atoms with E-state index >= 15 is 0 Å². The van der Waals surface area contributed by atoms with Crippen LogP contribution >= 0.6 is 0 Å². The van der Waals surface area contributed by atoms with E-state index in [4.69, 9.17) is 4.74 Å². The predicted octanol–water partition coefficient (Wildman–Crippen LogP) is 0.798. The zero-order valence-corrected chi connectivity index (χ0v) is 15.2. The van der Waals surface area contributed by atoms with E-state index in [1.165, 1.54) is 6.07 Å².